The van der Waals surface area contributed by atoms with Crippen molar-refractivity contribution in [2.24, 2.45) is 0 Å². The molecule has 0 atom stereocenters. The van der Waals surface area contributed by atoms with Crippen molar-refractivity contribution in [2.45, 2.75) is 31.2 Å². The molecule has 0 aromatic carbocycles. The second kappa shape index (κ2) is 3.94. The van der Waals surface area contributed by atoms with Gasteiger partial charge in [-0.05, 0) is 30.2 Å². The summed E-state index contributed by atoms with van der Waals surface area (Å²) < 4.78 is 5.16. The molecule has 3 rings (SSSR count). The molecule has 0 spiro atoms. The Balaban J connectivity index is 1.99. The first kappa shape index (κ1) is 10.9. The van der Waals surface area contributed by atoms with Crippen molar-refractivity contribution in [1.29, 1.82) is 0 Å². The van der Waals surface area contributed by atoms with E-state index in [2.05, 4.69) is 15.4 Å². The Morgan fingerprint density at radius 2 is 2.22 bits per heavy atom. The number of rotatable bonds is 3. The number of carboxylic acid groups (broad SMARTS) is 1. The molecule has 94 valence electrons. The van der Waals surface area contributed by atoms with Gasteiger partial charge in [-0.15, -0.1) is 15.0 Å². The van der Waals surface area contributed by atoms with Crippen LogP contribution in [0.2, 0.25) is 0 Å². The van der Waals surface area contributed by atoms with Gasteiger partial charge in [0.25, 0.3) is 0 Å². The van der Waals surface area contributed by atoms with Crippen molar-refractivity contribution in [1.82, 2.24) is 20.2 Å². The third-order valence-electron chi connectivity index (χ3n) is 3.37. The van der Waals surface area contributed by atoms with Gasteiger partial charge in [-0.2, -0.15) is 0 Å². The zero-order chi connectivity index (χ0) is 12.6. The van der Waals surface area contributed by atoms with Crippen molar-refractivity contribution >= 4 is 5.97 Å². The minimum absolute atomic E-state index is 0.313. The first-order valence-corrected chi connectivity index (χ1v) is 5.80. The van der Waals surface area contributed by atoms with Gasteiger partial charge in [-0.1, -0.05) is 12.8 Å². The maximum Gasteiger partial charge on any atom is 0.333 e. The molecule has 1 aliphatic rings. The highest BCUT2D eigenvalue weighted by Crippen LogP contribution is 2.36. The lowest BCUT2D eigenvalue weighted by Gasteiger charge is -2.21. The number of aromatic nitrogens is 4. The van der Waals surface area contributed by atoms with Crippen LogP contribution >= 0.6 is 0 Å². The van der Waals surface area contributed by atoms with Gasteiger partial charge in [0.05, 0.1) is 6.26 Å². The van der Waals surface area contributed by atoms with Gasteiger partial charge in [0.15, 0.2) is 11.3 Å². The van der Waals surface area contributed by atoms with Crippen LogP contribution in [0.1, 0.15) is 25.7 Å². The molecule has 1 N–H and O–H groups in total. The zero-order valence-corrected chi connectivity index (χ0v) is 9.61. The van der Waals surface area contributed by atoms with Gasteiger partial charge in [-0.25, -0.2) is 4.79 Å². The Kier molecular flexibility index (Phi) is 2.39. The van der Waals surface area contributed by atoms with Crippen molar-refractivity contribution in [2.75, 3.05) is 0 Å². The van der Waals surface area contributed by atoms with E-state index in [-0.39, 0.29) is 0 Å². The van der Waals surface area contributed by atoms with Crippen LogP contribution in [0, 0.1) is 0 Å². The Bertz CT molecular complexity index is 555. The van der Waals surface area contributed by atoms with Gasteiger partial charge < -0.3 is 9.52 Å². The third kappa shape index (κ3) is 1.51. The number of hydrogen-bond acceptors (Lipinski definition) is 5. The second-order valence-corrected chi connectivity index (χ2v) is 4.42. The smallest absolute Gasteiger partial charge is 0.333 e. The zero-order valence-electron chi connectivity index (χ0n) is 9.61. The maximum atomic E-state index is 11.5. The Hall–Kier alpha value is -2.18. The average Bonchev–Trinajstić information content (AvgIpc) is 3.11. The summed E-state index contributed by atoms with van der Waals surface area (Å²) in [6.07, 6.45) is 4.32. The lowest BCUT2D eigenvalue weighted by atomic mass is 9.99. The van der Waals surface area contributed by atoms with E-state index in [1.807, 2.05) is 0 Å². The quantitative estimate of drug-likeness (QED) is 0.879. The topological polar surface area (TPSA) is 94.0 Å². The van der Waals surface area contributed by atoms with E-state index in [1.54, 1.807) is 12.1 Å². The molecule has 0 amide bonds. The number of carboxylic acids is 1. The minimum atomic E-state index is -1.04. The molecule has 1 fully saturated rings. The summed E-state index contributed by atoms with van der Waals surface area (Å²) in [6.45, 7) is 0. The molecule has 0 saturated heterocycles. The van der Waals surface area contributed by atoms with Crippen LogP contribution in [0.25, 0.3) is 11.6 Å². The molecule has 0 bridgehead atoms. The van der Waals surface area contributed by atoms with Gasteiger partial charge in [-0.3, -0.25) is 0 Å². The monoisotopic (exact) mass is 248 g/mol. The summed E-state index contributed by atoms with van der Waals surface area (Å²) in [5.74, 6) is -0.101. The Labute approximate surface area is 102 Å². The van der Waals surface area contributed by atoms with Gasteiger partial charge >= 0.3 is 5.97 Å². The predicted molar refractivity (Wildman–Crippen MR) is 59.6 cm³/mol. The molecule has 7 heteroatoms. The van der Waals surface area contributed by atoms with Gasteiger partial charge in [0.1, 0.15) is 0 Å². The molecule has 2 aromatic rings. The summed E-state index contributed by atoms with van der Waals surface area (Å²) in [5, 5.41) is 21.3. The first-order valence-electron chi connectivity index (χ1n) is 5.80. The third-order valence-corrected chi connectivity index (χ3v) is 3.37. The van der Waals surface area contributed by atoms with Crippen LogP contribution in [-0.4, -0.2) is 31.3 Å². The largest absolute Gasteiger partial charge is 0.479 e. The molecule has 1 aliphatic carbocycles. The second-order valence-electron chi connectivity index (χ2n) is 4.42. The molecule has 18 heavy (non-hydrogen) atoms. The lowest BCUT2D eigenvalue weighted by molar-refractivity contribution is -0.148. The maximum absolute atomic E-state index is 11.5. The van der Waals surface area contributed by atoms with E-state index in [4.69, 9.17) is 4.42 Å². The fourth-order valence-corrected chi connectivity index (χ4v) is 2.36. The average molecular weight is 248 g/mol. The highest BCUT2D eigenvalue weighted by atomic mass is 16.4. The van der Waals surface area contributed by atoms with E-state index in [0.29, 0.717) is 24.4 Å². The summed E-state index contributed by atoms with van der Waals surface area (Å²) in [6, 6.07) is 3.43. The molecule has 2 heterocycles. The first-order chi connectivity index (χ1) is 8.72. The molecule has 1 saturated carbocycles. The van der Waals surface area contributed by atoms with Crippen LogP contribution in [0.15, 0.2) is 22.8 Å². The minimum Gasteiger partial charge on any atom is -0.479 e. The van der Waals surface area contributed by atoms with Crippen molar-refractivity contribution < 1.29 is 14.3 Å². The van der Waals surface area contributed by atoms with Crippen LogP contribution in [0.5, 0.6) is 0 Å². The summed E-state index contributed by atoms with van der Waals surface area (Å²) in [4.78, 5) is 12.7. The van der Waals surface area contributed by atoms with Crippen LogP contribution in [0.3, 0.4) is 0 Å². The lowest BCUT2D eigenvalue weighted by Crippen LogP contribution is -2.41. The van der Waals surface area contributed by atoms with Gasteiger partial charge in [0.2, 0.25) is 5.82 Å². The molecule has 2 aromatic heterocycles. The van der Waals surface area contributed by atoms with Crippen LogP contribution in [-0.2, 0) is 10.3 Å². The van der Waals surface area contributed by atoms with Crippen molar-refractivity contribution in [3.05, 3.63) is 18.4 Å². The normalized spacial score (nSPS) is 18.0. The van der Waals surface area contributed by atoms with Crippen molar-refractivity contribution in [3.8, 4) is 11.6 Å². The van der Waals surface area contributed by atoms with E-state index >= 15 is 0 Å². The number of hydrogen-bond donors (Lipinski definition) is 1. The Morgan fingerprint density at radius 3 is 2.83 bits per heavy atom. The SMILES string of the molecule is O=C(O)C1(n2nnc(-c3ccco3)n2)CCCC1. The van der Waals surface area contributed by atoms with Crippen LogP contribution < -0.4 is 0 Å². The highest BCUT2D eigenvalue weighted by molar-refractivity contribution is 5.76. The fraction of sp³-hybridized carbons (Fsp3) is 0.455. The van der Waals surface area contributed by atoms with Crippen molar-refractivity contribution in [3.63, 3.8) is 0 Å². The Morgan fingerprint density at radius 1 is 1.44 bits per heavy atom. The molecular formula is C11H12N4O3. The number of tetrazole rings is 1. The molecule has 0 radical (unpaired) electrons. The fourth-order valence-electron chi connectivity index (χ4n) is 2.36. The van der Waals surface area contributed by atoms with E-state index in [9.17, 15) is 9.90 Å². The predicted octanol–water partition coefficient (Wildman–Crippen LogP) is 1.29. The summed E-state index contributed by atoms with van der Waals surface area (Å²) >= 11 is 0. The van der Waals surface area contributed by atoms with Crippen LogP contribution in [0.4, 0.5) is 0 Å². The molecule has 7 nitrogen and oxygen atoms in total. The summed E-state index contributed by atoms with van der Waals surface area (Å²) in [5.41, 5.74) is -1.04. The van der Waals surface area contributed by atoms with E-state index < -0.39 is 11.5 Å². The standard InChI is InChI=1S/C11H12N4O3/c16-10(17)11(5-1-2-6-11)15-13-9(12-14-15)8-4-3-7-18-8/h3-4,7H,1-2,5-6H2,(H,16,17). The van der Waals surface area contributed by atoms with E-state index in [1.165, 1.54) is 11.1 Å². The number of carbonyl (C=O) groups is 1. The molecular weight excluding hydrogens is 236 g/mol. The van der Waals surface area contributed by atoms with Gasteiger partial charge in [0, 0.05) is 0 Å². The number of furan rings is 1. The highest BCUT2D eigenvalue weighted by Gasteiger charge is 2.45. The van der Waals surface area contributed by atoms with E-state index in [0.717, 1.165) is 12.8 Å². The molecule has 0 unspecified atom stereocenters. The summed E-state index contributed by atoms with van der Waals surface area (Å²) in [7, 11) is 0. The molecule has 0 aliphatic heterocycles. The number of aliphatic carboxylic acids is 1. The number of nitrogens with zero attached hydrogens (tertiary/aromatic N) is 4.